The van der Waals surface area contributed by atoms with Crippen molar-refractivity contribution in [1.82, 2.24) is 0 Å². The van der Waals surface area contributed by atoms with E-state index >= 15 is 0 Å². The molecule has 502 valence electrons. The van der Waals surface area contributed by atoms with Gasteiger partial charge in [0.15, 0.2) is 12.4 Å². The van der Waals surface area contributed by atoms with Crippen molar-refractivity contribution >= 4 is 17.9 Å². The van der Waals surface area contributed by atoms with Gasteiger partial charge in [-0.2, -0.15) is 0 Å². The molecule has 9 heteroatoms. The lowest BCUT2D eigenvalue weighted by Gasteiger charge is -2.26. The number of carbonyl (C=O) groups is 3. The highest BCUT2D eigenvalue weighted by atomic mass is 16.7. The molecule has 0 aliphatic rings. The SMILES string of the molecule is CC/C=C\C/C=C\C/C=C\C/C=C\C/C=C\CCCCCCCCCCCCCCCCCCCCCCCCCCCC(=O)OC(COC(=O)CCCCCCCC/C=C\C/C=C\C/C=C\CCCCCCC)COC(OCC[N+](C)(C)C)C(=O)[O-]. The van der Waals surface area contributed by atoms with Gasteiger partial charge in [-0.05, 0) is 96.3 Å². The summed E-state index contributed by atoms with van der Waals surface area (Å²) < 4.78 is 22.8. The van der Waals surface area contributed by atoms with Crippen molar-refractivity contribution in [3.05, 3.63) is 97.2 Å². The maximum Gasteiger partial charge on any atom is 0.306 e. The number of esters is 2. The molecule has 9 nitrogen and oxygen atoms in total. The van der Waals surface area contributed by atoms with Crippen molar-refractivity contribution in [3.63, 3.8) is 0 Å². The number of quaternary nitrogens is 1. The van der Waals surface area contributed by atoms with Crippen LogP contribution in [0.25, 0.3) is 0 Å². The van der Waals surface area contributed by atoms with E-state index < -0.39 is 24.3 Å². The molecule has 2 atom stereocenters. The third-order valence-electron chi connectivity index (χ3n) is 15.8. The van der Waals surface area contributed by atoms with Gasteiger partial charge in [-0.1, -0.05) is 310 Å². The quantitative estimate of drug-likeness (QED) is 0.0195. The monoisotopic (exact) mass is 1220 g/mol. The topological polar surface area (TPSA) is 111 Å². The lowest BCUT2D eigenvalue weighted by molar-refractivity contribution is -0.870. The van der Waals surface area contributed by atoms with Gasteiger partial charge in [0.05, 0.1) is 40.3 Å². The number of allylic oxidation sites excluding steroid dienone is 16. The summed E-state index contributed by atoms with van der Waals surface area (Å²) >= 11 is 0. The van der Waals surface area contributed by atoms with E-state index in [1.165, 1.54) is 199 Å². The van der Waals surface area contributed by atoms with Gasteiger partial charge in [0.1, 0.15) is 13.2 Å². The van der Waals surface area contributed by atoms with Crippen molar-refractivity contribution in [1.29, 1.82) is 0 Å². The second-order valence-electron chi connectivity index (χ2n) is 25.5. The number of carboxylic acids is 1. The second kappa shape index (κ2) is 68.1. The predicted octanol–water partition coefficient (Wildman–Crippen LogP) is 21.5. The molecule has 0 rings (SSSR count). The molecule has 0 N–H and O–H groups in total. The minimum absolute atomic E-state index is 0.144. The summed E-state index contributed by atoms with van der Waals surface area (Å²) in [5.74, 6) is -2.29. The largest absolute Gasteiger partial charge is 0.545 e. The minimum Gasteiger partial charge on any atom is -0.545 e. The van der Waals surface area contributed by atoms with Crippen LogP contribution in [0.2, 0.25) is 0 Å². The Labute approximate surface area is 537 Å². The predicted molar refractivity (Wildman–Crippen MR) is 371 cm³/mol. The number of nitrogens with zero attached hydrogens (tertiary/aromatic N) is 1. The van der Waals surface area contributed by atoms with E-state index in [1.54, 1.807) is 0 Å². The van der Waals surface area contributed by atoms with Crippen LogP contribution in [0.1, 0.15) is 322 Å². The summed E-state index contributed by atoms with van der Waals surface area (Å²) in [6, 6.07) is 0. The summed E-state index contributed by atoms with van der Waals surface area (Å²) in [6.45, 7) is 4.64. The van der Waals surface area contributed by atoms with E-state index in [-0.39, 0.29) is 38.6 Å². The van der Waals surface area contributed by atoms with Crippen LogP contribution in [-0.4, -0.2) is 82.3 Å². The van der Waals surface area contributed by atoms with E-state index in [0.717, 1.165) is 89.9 Å². The van der Waals surface area contributed by atoms with Gasteiger partial charge in [-0.25, -0.2) is 0 Å². The first-order chi connectivity index (χ1) is 42.6. The fourth-order valence-electron chi connectivity index (χ4n) is 10.3. The Hall–Kier alpha value is -3.79. The van der Waals surface area contributed by atoms with Crippen LogP contribution in [0.3, 0.4) is 0 Å². The molecule has 0 amide bonds. The molecular weight excluding hydrogens is 1080 g/mol. The van der Waals surface area contributed by atoms with Crippen LogP contribution in [0.15, 0.2) is 97.2 Å². The summed E-state index contributed by atoms with van der Waals surface area (Å²) in [6.07, 6.45) is 90.8. The first kappa shape index (κ1) is 83.2. The van der Waals surface area contributed by atoms with Gasteiger partial charge in [0.25, 0.3) is 0 Å². The van der Waals surface area contributed by atoms with Crippen molar-refractivity contribution in [3.8, 4) is 0 Å². The number of ether oxygens (including phenoxy) is 4. The number of carbonyl (C=O) groups excluding carboxylic acids is 3. The Balaban J connectivity index is 4.00. The molecule has 0 saturated heterocycles. The fraction of sp³-hybridized carbons (Fsp3) is 0.756. The Morgan fingerprint density at radius 2 is 0.655 bits per heavy atom. The zero-order valence-corrected chi connectivity index (χ0v) is 57.4. The molecule has 0 aromatic heterocycles. The van der Waals surface area contributed by atoms with Gasteiger partial charge in [-0.15, -0.1) is 0 Å². The number of aliphatic carboxylic acids is 1. The highest BCUT2D eigenvalue weighted by molar-refractivity contribution is 5.70. The molecule has 0 aliphatic carbocycles. The molecule has 0 aromatic rings. The van der Waals surface area contributed by atoms with Crippen molar-refractivity contribution < 1.29 is 42.9 Å². The van der Waals surface area contributed by atoms with Crippen LogP contribution < -0.4 is 5.11 Å². The molecule has 0 radical (unpaired) electrons. The third kappa shape index (κ3) is 69.5. The number of rotatable bonds is 67. The van der Waals surface area contributed by atoms with Crippen LogP contribution in [-0.2, 0) is 33.3 Å². The highest BCUT2D eigenvalue weighted by Gasteiger charge is 2.22. The summed E-state index contributed by atoms with van der Waals surface area (Å²) in [5.41, 5.74) is 0. The number of hydrogen-bond acceptors (Lipinski definition) is 8. The van der Waals surface area contributed by atoms with Crippen LogP contribution >= 0.6 is 0 Å². The van der Waals surface area contributed by atoms with Gasteiger partial charge in [0, 0.05) is 12.8 Å². The Bertz CT molecular complexity index is 1750. The molecule has 2 unspecified atom stereocenters. The molecule has 87 heavy (non-hydrogen) atoms. The molecule has 0 aliphatic heterocycles. The second-order valence-corrected chi connectivity index (χ2v) is 25.5. The molecular formula is C78H137NO8. The average molecular weight is 1220 g/mol. The summed E-state index contributed by atoms with van der Waals surface area (Å²) in [7, 11) is 5.93. The summed E-state index contributed by atoms with van der Waals surface area (Å²) in [4.78, 5) is 37.5. The standard InChI is InChI=1S/C78H137NO8/c1-6-8-10-12-14-16-18-20-22-24-26-28-29-30-31-32-33-34-35-36-37-38-39-40-41-42-43-44-45-46-47-49-51-53-55-57-59-61-63-65-67-69-76(81)87-74(73-86-78(77(82)83)84-71-70-79(3,4)5)72-85-75(80)68-66-64-62-60-58-56-54-52-50-48-27-25-23-21-19-17-15-13-11-9-7-2/h8,10,14,16,19-22,25-28,30-31,50,52,74,78H,6-7,9,11-13,15,17-18,23-24,29,32-49,51,53-73H2,1-5H3/b10-8-,16-14-,21-19-,22-20-,27-25-,28-26-,31-30-,52-50-. The average Bonchev–Trinajstić information content (AvgIpc) is 3.59. The molecule has 0 bridgehead atoms. The van der Waals surface area contributed by atoms with E-state index in [0.29, 0.717) is 17.4 Å². The van der Waals surface area contributed by atoms with E-state index in [2.05, 4.69) is 111 Å². The minimum atomic E-state index is -1.63. The van der Waals surface area contributed by atoms with Crippen molar-refractivity contribution in [2.75, 3.05) is 47.5 Å². The number of carboxylic acid groups (broad SMARTS) is 1. The maximum absolute atomic E-state index is 12.9. The molecule has 0 saturated carbocycles. The van der Waals surface area contributed by atoms with Gasteiger partial charge < -0.3 is 33.3 Å². The maximum atomic E-state index is 12.9. The van der Waals surface area contributed by atoms with Gasteiger partial charge in [-0.3, -0.25) is 9.59 Å². The third-order valence-corrected chi connectivity index (χ3v) is 15.8. The first-order valence-electron chi connectivity index (χ1n) is 36.4. The van der Waals surface area contributed by atoms with Crippen molar-refractivity contribution in [2.45, 2.75) is 334 Å². The molecule has 0 heterocycles. The number of likely N-dealkylation sites (N-methyl/N-ethyl adjacent to an activating group) is 1. The Kier molecular flexibility index (Phi) is 65.2. The van der Waals surface area contributed by atoms with E-state index in [1.807, 2.05) is 21.1 Å². The van der Waals surface area contributed by atoms with Crippen LogP contribution in [0.4, 0.5) is 0 Å². The zero-order valence-electron chi connectivity index (χ0n) is 57.4. The van der Waals surface area contributed by atoms with Gasteiger partial charge in [0.2, 0.25) is 0 Å². The smallest absolute Gasteiger partial charge is 0.306 e. The summed E-state index contributed by atoms with van der Waals surface area (Å²) in [5, 5.41) is 11.8. The normalized spacial score (nSPS) is 13.3. The highest BCUT2D eigenvalue weighted by Crippen LogP contribution is 2.18. The number of hydrogen-bond donors (Lipinski definition) is 0. The molecule has 0 spiro atoms. The van der Waals surface area contributed by atoms with Crippen LogP contribution in [0, 0.1) is 0 Å². The first-order valence-corrected chi connectivity index (χ1v) is 36.4. The molecule has 0 fully saturated rings. The Morgan fingerprint density at radius 1 is 0.356 bits per heavy atom. The van der Waals surface area contributed by atoms with E-state index in [9.17, 15) is 19.5 Å². The zero-order chi connectivity index (χ0) is 63.3. The lowest BCUT2D eigenvalue weighted by Crippen LogP contribution is -2.44. The Morgan fingerprint density at radius 3 is 0.977 bits per heavy atom. The number of unbranched alkanes of at least 4 members (excludes halogenated alkanes) is 36. The van der Waals surface area contributed by atoms with Crippen molar-refractivity contribution in [2.24, 2.45) is 0 Å². The molecule has 0 aromatic carbocycles. The van der Waals surface area contributed by atoms with E-state index in [4.69, 9.17) is 18.9 Å². The van der Waals surface area contributed by atoms with Crippen LogP contribution in [0.5, 0.6) is 0 Å². The fourth-order valence-corrected chi connectivity index (χ4v) is 10.3. The lowest BCUT2D eigenvalue weighted by atomic mass is 10.0. The van der Waals surface area contributed by atoms with Gasteiger partial charge >= 0.3 is 11.9 Å².